The Labute approximate surface area is 97.8 Å². The quantitative estimate of drug-likeness (QED) is 0.767. The van der Waals surface area contributed by atoms with Crippen LogP contribution < -0.4 is 5.73 Å². The zero-order chi connectivity index (χ0) is 11.2. The summed E-state index contributed by atoms with van der Waals surface area (Å²) in [5.74, 6) is -0.0639. The summed E-state index contributed by atoms with van der Waals surface area (Å²) < 4.78 is 0. The number of hydrogen-bond acceptors (Lipinski definition) is 2. The smallest absolute Gasteiger partial charge is 0.242 e. The molecule has 1 aromatic rings. The van der Waals surface area contributed by atoms with E-state index in [0.29, 0.717) is 10.0 Å². The van der Waals surface area contributed by atoms with Crippen molar-refractivity contribution in [3.05, 3.63) is 33.8 Å². The van der Waals surface area contributed by atoms with Crippen LogP contribution in [0.2, 0.25) is 10.0 Å². The van der Waals surface area contributed by atoms with E-state index in [-0.39, 0.29) is 11.9 Å². The molecule has 2 N–H and O–H groups in total. The van der Waals surface area contributed by atoms with Crippen molar-refractivity contribution in [3.63, 3.8) is 0 Å². The highest BCUT2D eigenvalue weighted by molar-refractivity contribution is 6.35. The van der Waals surface area contributed by atoms with Gasteiger partial charge >= 0.3 is 0 Å². The zero-order valence-corrected chi connectivity index (χ0v) is 9.59. The second-order valence-corrected chi connectivity index (χ2v) is 4.43. The maximum Gasteiger partial charge on any atom is 0.242 e. The van der Waals surface area contributed by atoms with Crippen LogP contribution in [-0.2, 0) is 4.79 Å². The molecular formula is C10H10Cl2N2O. The van der Waals surface area contributed by atoms with Crippen LogP contribution in [0.3, 0.4) is 0 Å². The zero-order valence-electron chi connectivity index (χ0n) is 8.08. The number of amides is 1. The van der Waals surface area contributed by atoms with Crippen LogP contribution in [-0.4, -0.2) is 23.9 Å². The van der Waals surface area contributed by atoms with Crippen LogP contribution in [0, 0.1) is 0 Å². The summed E-state index contributed by atoms with van der Waals surface area (Å²) in [5, 5.41) is 1.12. The predicted molar refractivity (Wildman–Crippen MR) is 59.9 cm³/mol. The third-order valence-corrected chi connectivity index (χ3v) is 3.23. The number of carbonyl (C=O) groups excluding carboxylic acids is 1. The van der Waals surface area contributed by atoms with Gasteiger partial charge in [0, 0.05) is 17.1 Å². The molecule has 80 valence electrons. The molecule has 0 bridgehead atoms. The molecule has 2 rings (SSSR count). The molecule has 1 aromatic carbocycles. The molecule has 1 saturated heterocycles. The lowest BCUT2D eigenvalue weighted by molar-refractivity contribution is -0.146. The molecule has 2 atom stereocenters. The second kappa shape index (κ2) is 3.67. The van der Waals surface area contributed by atoms with Gasteiger partial charge < -0.3 is 10.6 Å². The number of hydrogen-bond donors (Lipinski definition) is 1. The van der Waals surface area contributed by atoms with Gasteiger partial charge in [-0.15, -0.1) is 0 Å². The topological polar surface area (TPSA) is 46.3 Å². The fraction of sp³-hybridized carbons (Fsp3) is 0.300. The van der Waals surface area contributed by atoms with Crippen LogP contribution in [0.5, 0.6) is 0 Å². The summed E-state index contributed by atoms with van der Waals surface area (Å²) in [7, 11) is 1.71. The second-order valence-electron chi connectivity index (χ2n) is 3.59. The van der Waals surface area contributed by atoms with Crippen molar-refractivity contribution < 1.29 is 4.79 Å². The van der Waals surface area contributed by atoms with Gasteiger partial charge in [0.15, 0.2) is 0 Å². The van der Waals surface area contributed by atoms with Gasteiger partial charge in [0.2, 0.25) is 5.91 Å². The van der Waals surface area contributed by atoms with Gasteiger partial charge in [-0.2, -0.15) is 0 Å². The van der Waals surface area contributed by atoms with E-state index in [1.165, 1.54) is 0 Å². The Hall–Kier alpha value is -0.770. The number of β-lactam (4-membered cyclic amide) rings is 1. The van der Waals surface area contributed by atoms with E-state index in [1.807, 2.05) is 0 Å². The lowest BCUT2D eigenvalue weighted by atomic mass is 9.90. The highest BCUT2D eigenvalue weighted by atomic mass is 35.5. The average molecular weight is 245 g/mol. The first-order chi connectivity index (χ1) is 7.02. The average Bonchev–Trinajstić information content (AvgIpc) is 2.21. The van der Waals surface area contributed by atoms with E-state index in [9.17, 15) is 4.79 Å². The molecule has 3 nitrogen and oxygen atoms in total. The highest BCUT2D eigenvalue weighted by Gasteiger charge is 2.43. The summed E-state index contributed by atoms with van der Waals surface area (Å²) in [6, 6.07) is 4.57. The van der Waals surface area contributed by atoms with Crippen molar-refractivity contribution in [2.75, 3.05) is 7.05 Å². The number of halogens is 2. The van der Waals surface area contributed by atoms with Crippen molar-refractivity contribution in [3.8, 4) is 0 Å². The molecule has 0 saturated carbocycles. The molecule has 1 heterocycles. The minimum Gasteiger partial charge on any atom is -0.335 e. The largest absolute Gasteiger partial charge is 0.335 e. The molecule has 1 amide bonds. The molecule has 0 aromatic heterocycles. The number of benzene rings is 1. The Morgan fingerprint density at radius 1 is 1.40 bits per heavy atom. The molecule has 1 aliphatic rings. The highest BCUT2D eigenvalue weighted by Crippen LogP contribution is 2.36. The molecule has 0 spiro atoms. The number of nitrogens with zero attached hydrogens (tertiary/aromatic N) is 1. The Balaban J connectivity index is 2.35. The SMILES string of the molecule is CN1C(=O)[C@H](N)[C@H]1c1ccc(Cl)cc1Cl. The van der Waals surface area contributed by atoms with Crippen LogP contribution >= 0.6 is 23.2 Å². The Kier molecular flexibility index (Phi) is 2.63. The number of nitrogens with two attached hydrogens (primary N) is 1. The Morgan fingerprint density at radius 3 is 2.60 bits per heavy atom. The van der Waals surface area contributed by atoms with Gasteiger partial charge in [-0.05, 0) is 17.7 Å². The van der Waals surface area contributed by atoms with Crippen molar-refractivity contribution in [2.24, 2.45) is 5.73 Å². The van der Waals surface area contributed by atoms with Gasteiger partial charge in [-0.25, -0.2) is 0 Å². The maximum absolute atomic E-state index is 11.3. The van der Waals surface area contributed by atoms with Crippen LogP contribution in [0.25, 0.3) is 0 Å². The van der Waals surface area contributed by atoms with Crippen LogP contribution in [0.1, 0.15) is 11.6 Å². The third kappa shape index (κ3) is 1.61. The minimum atomic E-state index is -0.492. The van der Waals surface area contributed by atoms with Crippen LogP contribution in [0.15, 0.2) is 18.2 Å². The van der Waals surface area contributed by atoms with Gasteiger partial charge in [0.1, 0.15) is 6.04 Å². The molecule has 15 heavy (non-hydrogen) atoms. The lowest BCUT2D eigenvalue weighted by Crippen LogP contribution is -2.61. The molecule has 5 heteroatoms. The van der Waals surface area contributed by atoms with E-state index < -0.39 is 6.04 Å². The molecule has 0 unspecified atom stereocenters. The van der Waals surface area contributed by atoms with Gasteiger partial charge in [-0.1, -0.05) is 29.3 Å². The normalized spacial score (nSPS) is 25.3. The van der Waals surface area contributed by atoms with Crippen molar-refractivity contribution >= 4 is 29.1 Å². The molecule has 0 aliphatic carbocycles. The summed E-state index contributed by atoms with van der Waals surface area (Å²) in [4.78, 5) is 12.8. The first-order valence-corrected chi connectivity index (χ1v) is 5.25. The summed E-state index contributed by atoms with van der Waals surface area (Å²) in [5.41, 5.74) is 6.56. The van der Waals surface area contributed by atoms with E-state index in [1.54, 1.807) is 30.1 Å². The van der Waals surface area contributed by atoms with E-state index >= 15 is 0 Å². The van der Waals surface area contributed by atoms with E-state index in [2.05, 4.69) is 0 Å². The summed E-state index contributed by atoms with van der Waals surface area (Å²) in [6.07, 6.45) is 0. The molecule has 1 aliphatic heterocycles. The van der Waals surface area contributed by atoms with E-state index in [4.69, 9.17) is 28.9 Å². The fourth-order valence-electron chi connectivity index (χ4n) is 1.81. The number of rotatable bonds is 1. The number of likely N-dealkylation sites (tertiary alicyclic amines) is 1. The summed E-state index contributed by atoms with van der Waals surface area (Å²) in [6.45, 7) is 0. The molecular weight excluding hydrogens is 235 g/mol. The van der Waals surface area contributed by atoms with Gasteiger partial charge in [0.25, 0.3) is 0 Å². The Morgan fingerprint density at radius 2 is 2.07 bits per heavy atom. The standard InChI is InChI=1S/C10H10Cl2N2O/c1-14-9(8(13)10(14)15)6-3-2-5(11)4-7(6)12/h2-4,8-9H,13H2,1H3/t8-,9-/m1/s1. The molecule has 0 radical (unpaired) electrons. The van der Waals surface area contributed by atoms with Gasteiger partial charge in [-0.3, -0.25) is 4.79 Å². The van der Waals surface area contributed by atoms with Crippen molar-refractivity contribution in [1.29, 1.82) is 0 Å². The van der Waals surface area contributed by atoms with Crippen molar-refractivity contribution in [1.82, 2.24) is 4.90 Å². The number of likely N-dealkylation sites (N-methyl/N-ethyl adjacent to an activating group) is 1. The minimum absolute atomic E-state index is 0.0639. The molecule has 1 fully saturated rings. The predicted octanol–water partition coefficient (Wildman–Crippen LogP) is 1.83. The maximum atomic E-state index is 11.3. The first kappa shape index (κ1) is 10.7. The number of carbonyl (C=O) groups is 1. The Bertz CT molecular complexity index is 410. The first-order valence-electron chi connectivity index (χ1n) is 4.49. The van der Waals surface area contributed by atoms with Crippen LogP contribution in [0.4, 0.5) is 0 Å². The summed E-state index contributed by atoms with van der Waals surface area (Å²) >= 11 is 11.8. The van der Waals surface area contributed by atoms with Crippen molar-refractivity contribution in [2.45, 2.75) is 12.1 Å². The monoisotopic (exact) mass is 244 g/mol. The lowest BCUT2D eigenvalue weighted by Gasteiger charge is -2.43. The fourth-order valence-corrected chi connectivity index (χ4v) is 2.33. The van der Waals surface area contributed by atoms with Gasteiger partial charge in [0.05, 0.1) is 6.04 Å². The third-order valence-electron chi connectivity index (χ3n) is 2.67. The van der Waals surface area contributed by atoms with E-state index in [0.717, 1.165) is 5.56 Å².